The first kappa shape index (κ1) is 11.5. The zero-order chi connectivity index (χ0) is 10.7. The largest absolute Gasteiger partial charge is 0.350 e. The zero-order valence-electron chi connectivity index (χ0n) is 8.16. The van der Waals surface area contributed by atoms with Gasteiger partial charge in [0, 0.05) is 4.88 Å². The monoisotopic (exact) mass is 305 g/mol. The normalized spacial score (nSPS) is 20.5. The Morgan fingerprint density at radius 1 is 1.60 bits per heavy atom. The van der Waals surface area contributed by atoms with Crippen LogP contribution >= 0.6 is 39.0 Å². The van der Waals surface area contributed by atoms with Crippen LogP contribution in [-0.4, -0.2) is 16.9 Å². The lowest BCUT2D eigenvalue weighted by Crippen LogP contribution is -2.30. The summed E-state index contributed by atoms with van der Waals surface area (Å²) in [4.78, 5) is 12.9. The number of amides is 1. The van der Waals surface area contributed by atoms with E-state index in [1.165, 1.54) is 11.3 Å². The van der Waals surface area contributed by atoms with Gasteiger partial charge in [0.2, 0.25) is 5.91 Å². The molecular weight excluding hydrogens is 294 g/mol. The fourth-order valence-electron chi connectivity index (χ4n) is 1.52. The lowest BCUT2D eigenvalue weighted by atomic mass is 10.2. The SMILES string of the molecule is O=C(NCc1ccc(Br)s1)C1CCCS1. The molecule has 0 radical (unpaired) electrons. The molecule has 1 saturated heterocycles. The van der Waals surface area contributed by atoms with Gasteiger partial charge in [0.15, 0.2) is 0 Å². The molecule has 82 valence electrons. The standard InChI is InChI=1S/C10H12BrNOS2/c11-9-4-3-7(15-9)6-12-10(13)8-2-1-5-14-8/h3-4,8H,1-2,5-6H2,(H,12,13). The second kappa shape index (κ2) is 5.37. The number of hydrogen-bond donors (Lipinski definition) is 1. The van der Waals surface area contributed by atoms with Crippen LogP contribution in [0.1, 0.15) is 17.7 Å². The first-order valence-corrected chi connectivity index (χ1v) is 7.55. The molecule has 1 N–H and O–H groups in total. The number of halogens is 1. The van der Waals surface area contributed by atoms with E-state index in [4.69, 9.17) is 0 Å². The first-order chi connectivity index (χ1) is 7.25. The van der Waals surface area contributed by atoms with Crippen LogP contribution in [0.4, 0.5) is 0 Å². The van der Waals surface area contributed by atoms with Crippen LogP contribution in [0.3, 0.4) is 0 Å². The quantitative estimate of drug-likeness (QED) is 0.930. The number of carbonyl (C=O) groups excluding carboxylic acids is 1. The number of rotatable bonds is 3. The van der Waals surface area contributed by atoms with E-state index in [9.17, 15) is 4.79 Å². The highest BCUT2D eigenvalue weighted by Gasteiger charge is 2.22. The summed E-state index contributed by atoms with van der Waals surface area (Å²) in [6.45, 7) is 0.659. The van der Waals surface area contributed by atoms with Gasteiger partial charge in [-0.05, 0) is 46.7 Å². The molecule has 15 heavy (non-hydrogen) atoms. The molecule has 1 aliphatic heterocycles. The van der Waals surface area contributed by atoms with Gasteiger partial charge in [-0.15, -0.1) is 23.1 Å². The lowest BCUT2D eigenvalue weighted by Gasteiger charge is -2.08. The predicted molar refractivity (Wildman–Crippen MR) is 69.3 cm³/mol. The molecule has 1 unspecified atom stereocenters. The van der Waals surface area contributed by atoms with Crippen LogP contribution in [0, 0.1) is 0 Å². The molecule has 1 aromatic heterocycles. The molecule has 5 heteroatoms. The van der Waals surface area contributed by atoms with Gasteiger partial charge in [-0.1, -0.05) is 0 Å². The van der Waals surface area contributed by atoms with Gasteiger partial charge in [0.1, 0.15) is 0 Å². The molecule has 0 aromatic carbocycles. The molecule has 2 nitrogen and oxygen atoms in total. The van der Waals surface area contributed by atoms with Crippen LogP contribution in [0.2, 0.25) is 0 Å². The summed E-state index contributed by atoms with van der Waals surface area (Å²) in [6, 6.07) is 4.05. The van der Waals surface area contributed by atoms with Crippen LogP contribution < -0.4 is 5.32 Å². The molecule has 2 rings (SSSR count). The van der Waals surface area contributed by atoms with Crippen LogP contribution in [0.15, 0.2) is 15.9 Å². The number of nitrogens with one attached hydrogen (secondary N) is 1. The van der Waals surface area contributed by atoms with Gasteiger partial charge in [0.25, 0.3) is 0 Å². The molecule has 1 fully saturated rings. The Bertz CT molecular complexity index is 347. The number of carbonyl (C=O) groups is 1. The summed E-state index contributed by atoms with van der Waals surface area (Å²) in [5.41, 5.74) is 0. The van der Waals surface area contributed by atoms with Crippen molar-refractivity contribution in [3.8, 4) is 0 Å². The lowest BCUT2D eigenvalue weighted by molar-refractivity contribution is -0.120. The second-order valence-electron chi connectivity index (χ2n) is 3.43. The molecule has 0 aliphatic carbocycles. The smallest absolute Gasteiger partial charge is 0.233 e. The van der Waals surface area contributed by atoms with Crippen molar-refractivity contribution >= 4 is 44.9 Å². The third-order valence-electron chi connectivity index (χ3n) is 2.29. The number of thioether (sulfide) groups is 1. The second-order valence-corrected chi connectivity index (χ2v) is 7.28. The van der Waals surface area contributed by atoms with Crippen molar-refractivity contribution in [2.75, 3.05) is 5.75 Å². The van der Waals surface area contributed by atoms with Crippen molar-refractivity contribution in [3.63, 3.8) is 0 Å². The van der Waals surface area contributed by atoms with Gasteiger partial charge in [-0.25, -0.2) is 0 Å². The maximum Gasteiger partial charge on any atom is 0.233 e. The van der Waals surface area contributed by atoms with E-state index < -0.39 is 0 Å². The predicted octanol–water partition coefficient (Wildman–Crippen LogP) is 3.02. The van der Waals surface area contributed by atoms with Crippen LogP contribution in [0.5, 0.6) is 0 Å². The van der Waals surface area contributed by atoms with Gasteiger partial charge in [-0.3, -0.25) is 4.79 Å². The molecule has 0 saturated carbocycles. The molecule has 1 aliphatic rings. The molecule has 1 atom stereocenters. The van der Waals surface area contributed by atoms with Crippen LogP contribution in [0.25, 0.3) is 0 Å². The Kier molecular flexibility index (Phi) is 4.11. The summed E-state index contributed by atoms with van der Waals surface area (Å²) in [7, 11) is 0. The van der Waals surface area contributed by atoms with Crippen molar-refractivity contribution in [3.05, 3.63) is 20.8 Å². The van der Waals surface area contributed by atoms with Gasteiger partial charge < -0.3 is 5.32 Å². The third-order valence-corrected chi connectivity index (χ3v) is 5.29. The summed E-state index contributed by atoms with van der Waals surface area (Å²) >= 11 is 6.85. The van der Waals surface area contributed by atoms with Gasteiger partial charge >= 0.3 is 0 Å². The van der Waals surface area contributed by atoms with Crippen molar-refractivity contribution in [1.29, 1.82) is 0 Å². The molecule has 2 heterocycles. The Balaban J connectivity index is 1.80. The number of thiophene rings is 1. The van der Waals surface area contributed by atoms with E-state index in [0.717, 1.165) is 16.0 Å². The topological polar surface area (TPSA) is 29.1 Å². The minimum Gasteiger partial charge on any atom is -0.350 e. The Morgan fingerprint density at radius 2 is 2.47 bits per heavy atom. The molecular formula is C10H12BrNOS2. The minimum absolute atomic E-state index is 0.188. The minimum atomic E-state index is 0.188. The van der Waals surface area contributed by atoms with E-state index in [2.05, 4.69) is 21.2 Å². The van der Waals surface area contributed by atoms with Crippen molar-refractivity contribution in [2.45, 2.75) is 24.6 Å². The van der Waals surface area contributed by atoms with E-state index in [1.54, 1.807) is 23.1 Å². The molecule has 1 amide bonds. The van der Waals surface area contributed by atoms with Crippen molar-refractivity contribution in [2.24, 2.45) is 0 Å². The summed E-state index contributed by atoms with van der Waals surface area (Å²) in [6.07, 6.45) is 2.21. The Hall–Kier alpha value is -0.000000000000000111. The first-order valence-electron chi connectivity index (χ1n) is 4.89. The van der Waals surface area contributed by atoms with Crippen LogP contribution in [-0.2, 0) is 11.3 Å². The van der Waals surface area contributed by atoms with E-state index in [1.807, 2.05) is 12.1 Å². The summed E-state index contributed by atoms with van der Waals surface area (Å²) < 4.78 is 1.11. The third kappa shape index (κ3) is 3.23. The molecule has 0 bridgehead atoms. The zero-order valence-corrected chi connectivity index (χ0v) is 11.4. The fraction of sp³-hybridized carbons (Fsp3) is 0.500. The summed E-state index contributed by atoms with van der Waals surface area (Å²) in [5, 5.41) is 3.17. The Morgan fingerprint density at radius 3 is 3.07 bits per heavy atom. The van der Waals surface area contributed by atoms with Crippen molar-refractivity contribution in [1.82, 2.24) is 5.32 Å². The fourth-order valence-corrected chi connectivity index (χ4v) is 4.13. The Labute approximate surface area is 106 Å². The summed E-state index contributed by atoms with van der Waals surface area (Å²) in [5.74, 6) is 1.32. The molecule has 0 spiro atoms. The molecule has 1 aromatic rings. The van der Waals surface area contributed by atoms with Gasteiger partial charge in [-0.2, -0.15) is 0 Å². The average molecular weight is 306 g/mol. The van der Waals surface area contributed by atoms with E-state index in [-0.39, 0.29) is 11.2 Å². The van der Waals surface area contributed by atoms with Crippen molar-refractivity contribution < 1.29 is 4.79 Å². The maximum absolute atomic E-state index is 11.7. The number of hydrogen-bond acceptors (Lipinski definition) is 3. The highest BCUT2D eigenvalue weighted by atomic mass is 79.9. The van der Waals surface area contributed by atoms with E-state index in [0.29, 0.717) is 6.54 Å². The average Bonchev–Trinajstić information content (AvgIpc) is 2.84. The highest BCUT2D eigenvalue weighted by molar-refractivity contribution is 9.11. The maximum atomic E-state index is 11.7. The van der Waals surface area contributed by atoms with E-state index >= 15 is 0 Å². The van der Waals surface area contributed by atoms with Gasteiger partial charge in [0.05, 0.1) is 15.6 Å². The highest BCUT2D eigenvalue weighted by Crippen LogP contribution is 2.26.